The zero-order chi connectivity index (χ0) is 16.8. The first-order valence-corrected chi connectivity index (χ1v) is 5.94. The Morgan fingerprint density at radius 3 is 2.30 bits per heavy atom. The van der Waals surface area contributed by atoms with Crippen LogP contribution in [0.1, 0.15) is 19.7 Å². The number of aromatic nitrogens is 4. The first kappa shape index (κ1) is 20.9. The van der Waals surface area contributed by atoms with Gasteiger partial charge in [0.1, 0.15) is 5.82 Å². The Morgan fingerprint density at radius 1 is 1.30 bits per heavy atom. The van der Waals surface area contributed by atoms with Crippen molar-refractivity contribution in [3.05, 3.63) is 42.1 Å². The van der Waals surface area contributed by atoms with Gasteiger partial charge in [-0.3, -0.25) is 14.9 Å². The van der Waals surface area contributed by atoms with Crippen LogP contribution in [0.5, 0.6) is 0 Å². The molecule has 2 rings (SSSR count). The first-order chi connectivity index (χ1) is 10.2. The van der Waals surface area contributed by atoms with E-state index in [9.17, 15) is 18.0 Å². The van der Waals surface area contributed by atoms with Crippen LogP contribution in [0.4, 0.5) is 13.2 Å². The van der Waals surface area contributed by atoms with Crippen LogP contribution in [0.3, 0.4) is 0 Å². The minimum Gasteiger partial charge on any atom is -0.512 e. The third-order valence-electron chi connectivity index (χ3n) is 2.01. The number of allylic oxidation sites excluding steroid dienone is 2. The van der Waals surface area contributed by atoms with Crippen LogP contribution in [-0.4, -0.2) is 26.0 Å². The van der Waals surface area contributed by atoms with Gasteiger partial charge in [0.05, 0.1) is 11.5 Å². The Balaban J connectivity index is 0.000000522. The first-order valence-electron chi connectivity index (χ1n) is 5.94. The Labute approximate surface area is 143 Å². The fourth-order valence-electron chi connectivity index (χ4n) is 1.26. The molecule has 23 heavy (non-hydrogen) atoms. The van der Waals surface area contributed by atoms with Crippen LogP contribution in [0.15, 0.2) is 36.2 Å². The second kappa shape index (κ2) is 9.16. The van der Waals surface area contributed by atoms with E-state index < -0.39 is 12.0 Å². The van der Waals surface area contributed by atoms with Gasteiger partial charge in [0.15, 0.2) is 5.78 Å². The molecule has 0 aliphatic carbocycles. The number of halogens is 3. The van der Waals surface area contributed by atoms with Crippen molar-refractivity contribution in [2.24, 2.45) is 0 Å². The minimum atomic E-state index is -4.57. The van der Waals surface area contributed by atoms with Crippen LogP contribution in [0, 0.1) is 0 Å². The molecule has 1 radical (unpaired) electrons. The summed E-state index contributed by atoms with van der Waals surface area (Å²) in [6.07, 6.45) is -1.96. The van der Waals surface area contributed by atoms with E-state index in [1.54, 1.807) is 12.1 Å². The van der Waals surface area contributed by atoms with Crippen LogP contribution in [-0.2, 0) is 31.1 Å². The molecule has 2 aromatic rings. The molecule has 0 atom stereocenters. The van der Waals surface area contributed by atoms with Gasteiger partial charge in [0.2, 0.25) is 0 Å². The van der Waals surface area contributed by atoms with Gasteiger partial charge in [0, 0.05) is 32.4 Å². The van der Waals surface area contributed by atoms with Crippen molar-refractivity contribution >= 4 is 5.78 Å². The number of aliphatic hydroxyl groups excluding tert-OH is 1. The van der Waals surface area contributed by atoms with E-state index in [1.165, 1.54) is 32.2 Å². The molecule has 0 aliphatic rings. The molecule has 0 aromatic carbocycles. The average Bonchev–Trinajstić information content (AvgIpc) is 2.88. The normalized spacial score (nSPS) is 11.1. The predicted octanol–water partition coefficient (Wildman–Crippen LogP) is 2.55. The topological polar surface area (TPSA) is 90.1 Å². The summed E-state index contributed by atoms with van der Waals surface area (Å²) in [5.74, 6) is -1.43. The van der Waals surface area contributed by atoms with Gasteiger partial charge in [0.25, 0.3) is 0 Å². The van der Waals surface area contributed by atoms with E-state index in [4.69, 9.17) is 5.11 Å². The van der Waals surface area contributed by atoms with Crippen LogP contribution >= 0.6 is 0 Å². The van der Waals surface area contributed by atoms with Crippen LogP contribution in [0.25, 0.3) is 11.5 Å². The van der Waals surface area contributed by atoms with E-state index in [1.807, 2.05) is 0 Å². The fourth-order valence-corrected chi connectivity index (χ4v) is 1.26. The van der Waals surface area contributed by atoms with E-state index in [0.29, 0.717) is 0 Å². The molecular formula is C13H12F3IrN4O2-. The zero-order valence-corrected chi connectivity index (χ0v) is 14.4. The summed E-state index contributed by atoms with van der Waals surface area (Å²) in [4.78, 5) is 17.1. The Hall–Kier alpha value is -2.06. The average molecular weight is 505 g/mol. The molecule has 0 aliphatic heterocycles. The molecule has 10 heteroatoms. The molecule has 0 unspecified atom stereocenters. The minimum absolute atomic E-state index is 0. The molecule has 0 saturated heterocycles. The number of ketones is 1. The van der Waals surface area contributed by atoms with Crippen molar-refractivity contribution in [1.29, 1.82) is 0 Å². The molecule has 6 nitrogen and oxygen atoms in total. The number of nitrogens with zero attached hydrogens (tertiary/aromatic N) is 4. The number of hydrogen-bond donors (Lipinski definition) is 1. The molecule has 2 heterocycles. The van der Waals surface area contributed by atoms with Gasteiger partial charge in [-0.1, -0.05) is 6.07 Å². The van der Waals surface area contributed by atoms with Crippen molar-refractivity contribution in [1.82, 2.24) is 20.2 Å². The number of pyridine rings is 1. The third-order valence-corrected chi connectivity index (χ3v) is 2.01. The van der Waals surface area contributed by atoms with Crippen LogP contribution in [0.2, 0.25) is 0 Å². The number of rotatable bonds is 2. The molecule has 0 amide bonds. The number of aliphatic hydroxyl groups is 1. The summed E-state index contributed by atoms with van der Waals surface area (Å²) >= 11 is 0. The van der Waals surface area contributed by atoms with E-state index in [2.05, 4.69) is 20.2 Å². The molecule has 0 bridgehead atoms. The number of hydrogen-bond acceptors (Lipinski definition) is 5. The summed E-state index contributed by atoms with van der Waals surface area (Å²) in [6, 6.07) is 4.79. The van der Waals surface area contributed by atoms with Crippen molar-refractivity contribution in [2.75, 3.05) is 0 Å². The summed E-state index contributed by atoms with van der Waals surface area (Å²) in [5, 5.41) is 14.6. The molecule has 1 N–H and O–H groups in total. The molecule has 0 spiro atoms. The number of carbonyl (C=O) groups is 1. The maximum absolute atomic E-state index is 12.1. The largest absolute Gasteiger partial charge is 0.512 e. The van der Waals surface area contributed by atoms with E-state index in [0.717, 1.165) is 0 Å². The quantitative estimate of drug-likeness (QED) is 0.499. The molecule has 127 valence electrons. The molecular weight excluding hydrogens is 493 g/mol. The summed E-state index contributed by atoms with van der Waals surface area (Å²) < 4.78 is 36.4. The molecule has 2 aromatic heterocycles. The Morgan fingerprint density at radius 2 is 1.96 bits per heavy atom. The standard InChI is InChI=1S/C8H4F3N4.C5H8O2.Ir/c9-8(10,11)7-13-6(14-15-7)5-3-1-2-4-12-5;1-4(6)3-5(2)7;/h1-4H;3,6H,1-2H3;/q-1;;/b;4-3-;. The van der Waals surface area contributed by atoms with E-state index >= 15 is 0 Å². The van der Waals surface area contributed by atoms with Gasteiger partial charge < -0.3 is 15.2 Å². The van der Waals surface area contributed by atoms with Crippen LogP contribution < -0.4 is 5.10 Å². The van der Waals surface area contributed by atoms with Crippen molar-refractivity contribution in [3.8, 4) is 11.5 Å². The van der Waals surface area contributed by atoms with Crippen molar-refractivity contribution < 1.29 is 43.2 Å². The Kier molecular flexibility index (Phi) is 8.34. The van der Waals surface area contributed by atoms with Gasteiger partial charge in [-0.25, -0.2) is 0 Å². The fraction of sp³-hybridized carbons (Fsp3) is 0.231. The smallest absolute Gasteiger partial charge is 0.429 e. The number of alkyl halides is 3. The van der Waals surface area contributed by atoms with Gasteiger partial charge >= 0.3 is 6.18 Å². The predicted molar refractivity (Wildman–Crippen MR) is 70.7 cm³/mol. The second-order valence-corrected chi connectivity index (χ2v) is 4.07. The summed E-state index contributed by atoms with van der Waals surface area (Å²) in [7, 11) is 0. The maximum Gasteiger partial charge on any atom is 0.429 e. The van der Waals surface area contributed by atoms with Gasteiger partial charge in [-0.2, -0.15) is 13.2 Å². The van der Waals surface area contributed by atoms with Crippen molar-refractivity contribution in [2.45, 2.75) is 20.0 Å². The van der Waals surface area contributed by atoms with Crippen molar-refractivity contribution in [3.63, 3.8) is 0 Å². The summed E-state index contributed by atoms with van der Waals surface area (Å²) in [5.41, 5.74) is 0.264. The monoisotopic (exact) mass is 506 g/mol. The molecule has 0 fully saturated rings. The van der Waals surface area contributed by atoms with Gasteiger partial charge in [-0.15, -0.1) is 0 Å². The van der Waals surface area contributed by atoms with E-state index in [-0.39, 0.29) is 43.2 Å². The summed E-state index contributed by atoms with van der Waals surface area (Å²) in [6.45, 7) is 2.85. The third kappa shape index (κ3) is 7.66. The SMILES string of the molecule is CC(=O)/C=C(/C)O.FC(F)(F)c1n[n-]c(-c2ccccn2)n1.[Ir]. The maximum atomic E-state index is 12.1. The zero-order valence-electron chi connectivity index (χ0n) is 12.0. The second-order valence-electron chi connectivity index (χ2n) is 4.07. The Bertz CT molecular complexity index is 653. The molecule has 0 saturated carbocycles. The number of carbonyl (C=O) groups excluding carboxylic acids is 1. The van der Waals surface area contributed by atoms with Gasteiger partial charge in [-0.05, 0) is 31.8 Å².